The molecule has 0 radical (unpaired) electrons. The van der Waals surface area contributed by atoms with Crippen LogP contribution in [-0.4, -0.2) is 18.2 Å². The van der Waals surface area contributed by atoms with Gasteiger partial charge in [0, 0.05) is 4.47 Å². The van der Waals surface area contributed by atoms with Crippen LogP contribution in [0, 0.1) is 6.92 Å². The van der Waals surface area contributed by atoms with Crippen LogP contribution in [0.4, 0.5) is 5.13 Å². The van der Waals surface area contributed by atoms with Crippen LogP contribution < -0.4 is 5.32 Å². The molecule has 0 aliphatic carbocycles. The third-order valence-electron chi connectivity index (χ3n) is 3.90. The van der Waals surface area contributed by atoms with Gasteiger partial charge in [0.05, 0.1) is 23.4 Å². The highest BCUT2D eigenvalue weighted by Crippen LogP contribution is 2.61. The van der Waals surface area contributed by atoms with Gasteiger partial charge in [0.15, 0.2) is 10.9 Å². The highest BCUT2D eigenvalue weighted by molar-refractivity contribution is 9.10. The van der Waals surface area contributed by atoms with E-state index in [-0.39, 0.29) is 0 Å². The number of aryl methyl sites for hydroxylation is 1. The summed E-state index contributed by atoms with van der Waals surface area (Å²) in [5, 5.41) is 4.00. The molecule has 3 aromatic rings. The van der Waals surface area contributed by atoms with E-state index in [4.69, 9.17) is 9.05 Å². The molecule has 0 saturated carbocycles. The van der Waals surface area contributed by atoms with Crippen LogP contribution in [0.2, 0.25) is 0 Å². The molecule has 0 aliphatic heterocycles. The summed E-state index contributed by atoms with van der Waals surface area (Å²) in [4.78, 5) is 4.64. The molecular weight excluding hydrogens is 447 g/mol. The van der Waals surface area contributed by atoms with Crippen LogP contribution in [-0.2, 0) is 13.6 Å². The van der Waals surface area contributed by atoms with Crippen molar-refractivity contribution >= 4 is 50.2 Å². The van der Waals surface area contributed by atoms with Crippen LogP contribution in [0.3, 0.4) is 0 Å². The van der Waals surface area contributed by atoms with Gasteiger partial charge in [-0.1, -0.05) is 45.5 Å². The van der Waals surface area contributed by atoms with Crippen molar-refractivity contribution in [3.05, 3.63) is 58.1 Å². The lowest BCUT2D eigenvalue weighted by molar-refractivity contribution is 0.214. The smallest absolute Gasteiger partial charge is 0.344 e. The minimum Gasteiger partial charge on any atom is -0.344 e. The molecule has 0 bridgehead atoms. The van der Waals surface area contributed by atoms with E-state index in [0.29, 0.717) is 18.3 Å². The minimum absolute atomic E-state index is 0.294. The van der Waals surface area contributed by atoms with E-state index in [9.17, 15) is 4.57 Å². The van der Waals surface area contributed by atoms with Gasteiger partial charge in [-0.2, -0.15) is 0 Å². The zero-order chi connectivity index (χ0) is 19.4. The second kappa shape index (κ2) is 8.84. The molecule has 1 N–H and O–H groups in total. The Morgan fingerprint density at radius 1 is 1.19 bits per heavy atom. The third kappa shape index (κ3) is 4.79. The molecule has 0 aliphatic rings. The molecule has 1 unspecified atom stereocenters. The standard InChI is InChI=1S/C19H22BrN2O3PS/c1-4-24-26(23,25-5-2)18(14-7-6-8-15(20)12-14)22-19-21-16-10-9-13(3)11-17(16)27-19/h6-12,18H,4-5H2,1-3H3,(H,21,22). The van der Waals surface area contributed by atoms with Gasteiger partial charge in [0.25, 0.3) is 0 Å². The van der Waals surface area contributed by atoms with Crippen molar-refractivity contribution in [2.45, 2.75) is 26.6 Å². The van der Waals surface area contributed by atoms with Crippen molar-refractivity contribution in [2.75, 3.05) is 18.5 Å². The first-order valence-electron chi connectivity index (χ1n) is 8.73. The Hall–Kier alpha value is -1.24. The number of aromatic nitrogens is 1. The Balaban J connectivity index is 2.03. The monoisotopic (exact) mass is 468 g/mol. The van der Waals surface area contributed by atoms with Gasteiger partial charge in [0.1, 0.15) is 0 Å². The summed E-state index contributed by atoms with van der Waals surface area (Å²) in [5.74, 6) is -0.656. The number of fused-ring (bicyclic) bond motifs is 1. The number of nitrogens with one attached hydrogen (secondary N) is 1. The molecule has 8 heteroatoms. The Kier molecular flexibility index (Phi) is 6.71. The summed E-state index contributed by atoms with van der Waals surface area (Å²) in [7, 11) is -3.45. The normalized spacial score (nSPS) is 13.0. The Morgan fingerprint density at radius 3 is 2.59 bits per heavy atom. The Labute approximate surface area is 171 Å². The summed E-state index contributed by atoms with van der Waals surface area (Å²) >= 11 is 5.01. The first-order valence-corrected chi connectivity index (χ1v) is 12.0. The van der Waals surface area contributed by atoms with Gasteiger partial charge < -0.3 is 14.4 Å². The molecule has 1 heterocycles. The number of thiazole rings is 1. The molecule has 0 amide bonds. The number of anilines is 1. The van der Waals surface area contributed by atoms with Crippen LogP contribution in [0.5, 0.6) is 0 Å². The van der Waals surface area contributed by atoms with Gasteiger partial charge in [-0.05, 0) is 56.2 Å². The van der Waals surface area contributed by atoms with Gasteiger partial charge in [-0.3, -0.25) is 4.57 Å². The maximum atomic E-state index is 13.6. The average molecular weight is 469 g/mol. The second-order valence-electron chi connectivity index (χ2n) is 5.97. The van der Waals surface area contributed by atoms with E-state index >= 15 is 0 Å². The lowest BCUT2D eigenvalue weighted by Crippen LogP contribution is -2.15. The predicted octanol–water partition coefficient (Wildman–Crippen LogP) is 6.74. The molecular formula is C19H22BrN2O3PS. The summed E-state index contributed by atoms with van der Waals surface area (Å²) in [6.07, 6.45) is 0. The highest BCUT2D eigenvalue weighted by atomic mass is 79.9. The van der Waals surface area contributed by atoms with Gasteiger partial charge in [-0.25, -0.2) is 4.98 Å². The van der Waals surface area contributed by atoms with Crippen LogP contribution in [0.15, 0.2) is 46.9 Å². The highest BCUT2D eigenvalue weighted by Gasteiger charge is 2.37. The van der Waals surface area contributed by atoms with E-state index in [1.165, 1.54) is 16.9 Å². The molecule has 27 heavy (non-hydrogen) atoms. The largest absolute Gasteiger partial charge is 0.357 e. The number of halogens is 1. The SMILES string of the molecule is CCOP(=O)(OCC)C(Nc1nc2ccc(C)cc2s1)c1cccc(Br)c1. The number of rotatable bonds is 8. The Morgan fingerprint density at radius 2 is 1.93 bits per heavy atom. The maximum absolute atomic E-state index is 13.6. The van der Waals surface area contributed by atoms with Gasteiger partial charge in [0.2, 0.25) is 0 Å². The van der Waals surface area contributed by atoms with Gasteiger partial charge >= 0.3 is 7.60 Å². The third-order valence-corrected chi connectivity index (χ3v) is 7.64. The quantitative estimate of drug-likeness (QED) is 0.370. The van der Waals surface area contributed by atoms with E-state index in [1.54, 1.807) is 0 Å². The zero-order valence-corrected chi connectivity index (χ0v) is 18.7. The summed E-state index contributed by atoms with van der Waals surface area (Å²) in [5.41, 5.74) is 2.89. The molecule has 3 rings (SSSR count). The van der Waals surface area contributed by atoms with E-state index < -0.39 is 13.4 Å². The van der Waals surface area contributed by atoms with Crippen LogP contribution in [0.1, 0.15) is 30.8 Å². The fraction of sp³-hybridized carbons (Fsp3) is 0.316. The molecule has 1 atom stereocenters. The van der Waals surface area contributed by atoms with Crippen molar-refractivity contribution in [3.63, 3.8) is 0 Å². The lowest BCUT2D eigenvalue weighted by atomic mass is 10.2. The van der Waals surface area contributed by atoms with Crippen molar-refractivity contribution in [1.82, 2.24) is 4.98 Å². The molecule has 0 saturated heterocycles. The molecule has 0 spiro atoms. The number of hydrogen-bond acceptors (Lipinski definition) is 6. The van der Waals surface area contributed by atoms with E-state index in [0.717, 1.165) is 20.3 Å². The molecule has 5 nitrogen and oxygen atoms in total. The molecule has 1 aromatic heterocycles. The second-order valence-corrected chi connectivity index (χ2v) is 10.0. The average Bonchev–Trinajstić information content (AvgIpc) is 3.01. The maximum Gasteiger partial charge on any atom is 0.357 e. The predicted molar refractivity (Wildman–Crippen MR) is 116 cm³/mol. The first-order chi connectivity index (χ1) is 12.9. The Bertz CT molecular complexity index is 968. The van der Waals surface area contributed by atoms with Crippen molar-refractivity contribution in [3.8, 4) is 0 Å². The number of nitrogens with zero attached hydrogens (tertiary/aromatic N) is 1. The summed E-state index contributed by atoms with van der Waals surface area (Å²) < 4.78 is 26.8. The molecule has 144 valence electrons. The molecule has 0 fully saturated rings. The van der Waals surface area contributed by atoms with Crippen molar-refractivity contribution in [1.29, 1.82) is 0 Å². The molecule has 2 aromatic carbocycles. The zero-order valence-electron chi connectivity index (χ0n) is 15.4. The minimum atomic E-state index is -3.45. The summed E-state index contributed by atoms with van der Waals surface area (Å²) in [6, 6.07) is 13.8. The van der Waals surface area contributed by atoms with Crippen molar-refractivity contribution in [2.24, 2.45) is 0 Å². The number of benzene rings is 2. The fourth-order valence-electron chi connectivity index (χ4n) is 2.78. The van der Waals surface area contributed by atoms with Crippen LogP contribution in [0.25, 0.3) is 10.2 Å². The lowest BCUT2D eigenvalue weighted by Gasteiger charge is -2.27. The fourth-order valence-corrected chi connectivity index (χ4v) is 6.17. The van der Waals surface area contributed by atoms with Crippen molar-refractivity contribution < 1.29 is 13.6 Å². The first kappa shape index (κ1) is 20.5. The van der Waals surface area contributed by atoms with Crippen LogP contribution >= 0.6 is 34.9 Å². The van der Waals surface area contributed by atoms with E-state index in [1.807, 2.05) is 50.2 Å². The van der Waals surface area contributed by atoms with Gasteiger partial charge in [-0.15, -0.1) is 0 Å². The number of hydrogen-bond donors (Lipinski definition) is 1. The topological polar surface area (TPSA) is 60.5 Å². The summed E-state index contributed by atoms with van der Waals surface area (Å²) in [6.45, 7) is 6.26. The van der Waals surface area contributed by atoms with E-state index in [2.05, 4.69) is 39.2 Å².